The Balaban J connectivity index is 1.35. The lowest BCUT2D eigenvalue weighted by Crippen LogP contribution is -2.51. The van der Waals surface area contributed by atoms with Crippen LogP contribution in [0.4, 0.5) is 11.4 Å². The lowest BCUT2D eigenvalue weighted by atomic mass is 10.2. The number of benzene rings is 2. The van der Waals surface area contributed by atoms with Crippen molar-refractivity contribution >= 4 is 35.0 Å². The van der Waals surface area contributed by atoms with Gasteiger partial charge in [-0.3, -0.25) is 14.5 Å². The Morgan fingerprint density at radius 3 is 2.13 bits per heavy atom. The maximum Gasteiger partial charge on any atom is 0.234 e. The summed E-state index contributed by atoms with van der Waals surface area (Å²) in [7, 11) is 0. The highest BCUT2D eigenvalue weighted by Gasteiger charge is 2.26. The number of anilines is 2. The second-order valence-corrected chi connectivity index (χ2v) is 8.63. The van der Waals surface area contributed by atoms with Gasteiger partial charge in [-0.1, -0.05) is 36.0 Å². The van der Waals surface area contributed by atoms with Crippen molar-refractivity contribution in [3.05, 3.63) is 48.5 Å². The molecule has 2 aromatic rings. The zero-order valence-electron chi connectivity index (χ0n) is 17.3. The van der Waals surface area contributed by atoms with E-state index in [1.165, 1.54) is 21.2 Å². The Bertz CT molecular complexity index is 866. The Morgan fingerprint density at radius 2 is 1.53 bits per heavy atom. The van der Waals surface area contributed by atoms with Crippen molar-refractivity contribution in [1.29, 1.82) is 0 Å². The zero-order valence-corrected chi connectivity index (χ0v) is 18.2. The van der Waals surface area contributed by atoms with Crippen molar-refractivity contribution in [3.63, 3.8) is 0 Å². The van der Waals surface area contributed by atoms with Gasteiger partial charge in [0, 0.05) is 55.5 Å². The summed E-state index contributed by atoms with van der Waals surface area (Å²) in [6.07, 6.45) is 0.476. The molecule has 0 aliphatic carbocycles. The molecule has 0 radical (unpaired) electrons. The average Bonchev–Trinajstić information content (AvgIpc) is 2.77. The standard InChI is InChI=1S/C23H28N4O2S/c1-2-24-22(28)17-25-13-15-26(16-14-25)23(29)11-12-27-18-7-3-5-9-20(18)30-21-10-6-4-8-19(21)27/h3-10H,2,11-17H2,1H3,(H,24,28). The van der Waals surface area contributed by atoms with E-state index in [1.54, 1.807) is 11.8 Å². The number of amides is 2. The molecule has 0 aromatic heterocycles. The third-order valence-corrected chi connectivity index (χ3v) is 6.68. The molecule has 0 spiro atoms. The van der Waals surface area contributed by atoms with Gasteiger partial charge in [0.2, 0.25) is 11.8 Å². The largest absolute Gasteiger partial charge is 0.355 e. The first-order valence-electron chi connectivity index (χ1n) is 10.6. The van der Waals surface area contributed by atoms with Crippen molar-refractivity contribution in [3.8, 4) is 0 Å². The molecule has 7 heteroatoms. The van der Waals surface area contributed by atoms with Crippen molar-refractivity contribution in [2.24, 2.45) is 0 Å². The first-order valence-corrected chi connectivity index (χ1v) is 11.4. The number of carbonyl (C=O) groups is 2. The smallest absolute Gasteiger partial charge is 0.234 e. The fourth-order valence-electron chi connectivity index (χ4n) is 4.00. The van der Waals surface area contributed by atoms with E-state index >= 15 is 0 Å². The van der Waals surface area contributed by atoms with Crippen LogP contribution < -0.4 is 10.2 Å². The van der Waals surface area contributed by atoms with Crippen molar-refractivity contribution in [2.75, 3.05) is 50.7 Å². The predicted molar refractivity (Wildman–Crippen MR) is 120 cm³/mol. The molecular weight excluding hydrogens is 396 g/mol. The highest BCUT2D eigenvalue weighted by Crippen LogP contribution is 2.47. The van der Waals surface area contributed by atoms with Gasteiger partial charge in [0.1, 0.15) is 0 Å². The number of nitrogens with one attached hydrogen (secondary N) is 1. The molecule has 158 valence electrons. The van der Waals surface area contributed by atoms with E-state index in [2.05, 4.69) is 63.6 Å². The van der Waals surface area contributed by atoms with Crippen LogP contribution in [0.1, 0.15) is 13.3 Å². The van der Waals surface area contributed by atoms with E-state index in [-0.39, 0.29) is 11.8 Å². The van der Waals surface area contributed by atoms with Crippen molar-refractivity contribution < 1.29 is 9.59 Å². The average molecular weight is 425 g/mol. The molecule has 30 heavy (non-hydrogen) atoms. The zero-order chi connectivity index (χ0) is 20.9. The van der Waals surface area contributed by atoms with E-state index in [4.69, 9.17) is 0 Å². The molecule has 6 nitrogen and oxygen atoms in total. The van der Waals surface area contributed by atoms with E-state index in [9.17, 15) is 9.59 Å². The molecule has 2 aromatic carbocycles. The van der Waals surface area contributed by atoms with Gasteiger partial charge in [-0.2, -0.15) is 0 Å². The van der Waals surface area contributed by atoms with E-state index in [0.717, 1.165) is 13.1 Å². The summed E-state index contributed by atoms with van der Waals surface area (Å²) in [6.45, 7) is 6.50. The summed E-state index contributed by atoms with van der Waals surface area (Å²) < 4.78 is 0. The molecule has 0 bridgehead atoms. The van der Waals surface area contributed by atoms with Crippen molar-refractivity contribution in [1.82, 2.24) is 15.1 Å². The van der Waals surface area contributed by atoms with Crippen LogP contribution in [0.3, 0.4) is 0 Å². The molecule has 1 saturated heterocycles. The van der Waals surface area contributed by atoms with Crippen LogP contribution >= 0.6 is 11.8 Å². The normalized spacial score (nSPS) is 16.0. The van der Waals surface area contributed by atoms with Gasteiger partial charge in [-0.25, -0.2) is 0 Å². The highest BCUT2D eigenvalue weighted by molar-refractivity contribution is 7.99. The van der Waals surface area contributed by atoms with Crippen LogP contribution in [0, 0.1) is 0 Å². The summed E-state index contributed by atoms with van der Waals surface area (Å²) in [5, 5.41) is 2.83. The maximum absolute atomic E-state index is 12.9. The second kappa shape index (κ2) is 9.53. The number of likely N-dealkylation sites (N-methyl/N-ethyl adjacent to an activating group) is 1. The molecule has 2 amide bonds. The first-order chi connectivity index (χ1) is 14.7. The molecular formula is C23H28N4O2S. The molecule has 2 aliphatic rings. The fraction of sp³-hybridized carbons (Fsp3) is 0.391. The number of piperazine rings is 1. The molecule has 0 atom stereocenters. The second-order valence-electron chi connectivity index (χ2n) is 7.55. The van der Waals surface area contributed by atoms with E-state index in [1.807, 2.05) is 11.8 Å². The minimum atomic E-state index is 0.0533. The molecule has 2 aliphatic heterocycles. The Morgan fingerprint density at radius 1 is 0.933 bits per heavy atom. The summed E-state index contributed by atoms with van der Waals surface area (Å²) in [6, 6.07) is 16.8. The number of hydrogen-bond donors (Lipinski definition) is 1. The van der Waals surface area contributed by atoms with Gasteiger partial charge in [-0.05, 0) is 31.2 Å². The minimum Gasteiger partial charge on any atom is -0.355 e. The Labute approximate surface area is 182 Å². The molecule has 1 fully saturated rings. The molecule has 4 rings (SSSR count). The minimum absolute atomic E-state index is 0.0533. The third kappa shape index (κ3) is 4.63. The monoisotopic (exact) mass is 424 g/mol. The van der Waals surface area contributed by atoms with Crippen LogP contribution in [-0.4, -0.2) is 67.4 Å². The quantitative estimate of drug-likeness (QED) is 0.773. The van der Waals surface area contributed by atoms with Crippen LogP contribution in [0.15, 0.2) is 58.3 Å². The third-order valence-electron chi connectivity index (χ3n) is 5.55. The SMILES string of the molecule is CCNC(=O)CN1CCN(C(=O)CCN2c3ccccc3Sc3ccccc32)CC1. The number of hydrogen-bond acceptors (Lipinski definition) is 5. The van der Waals surface area contributed by atoms with Crippen LogP contribution in [-0.2, 0) is 9.59 Å². The Hall–Kier alpha value is -2.51. The van der Waals surface area contributed by atoms with Gasteiger partial charge in [0.05, 0.1) is 17.9 Å². The number of fused-ring (bicyclic) bond motifs is 2. The lowest BCUT2D eigenvalue weighted by molar-refractivity contribution is -0.133. The van der Waals surface area contributed by atoms with Crippen LogP contribution in [0.25, 0.3) is 0 Å². The topological polar surface area (TPSA) is 55.9 Å². The van der Waals surface area contributed by atoms with Crippen molar-refractivity contribution in [2.45, 2.75) is 23.1 Å². The van der Waals surface area contributed by atoms with Gasteiger partial charge in [-0.15, -0.1) is 0 Å². The first kappa shape index (κ1) is 20.8. The van der Waals surface area contributed by atoms with Crippen LogP contribution in [0.5, 0.6) is 0 Å². The van der Waals surface area contributed by atoms with Crippen LogP contribution in [0.2, 0.25) is 0 Å². The lowest BCUT2D eigenvalue weighted by Gasteiger charge is -2.36. The summed E-state index contributed by atoms with van der Waals surface area (Å²) in [4.78, 5) is 33.4. The van der Waals surface area contributed by atoms with Gasteiger partial charge >= 0.3 is 0 Å². The Kier molecular flexibility index (Phi) is 6.59. The predicted octanol–water partition coefficient (Wildman–Crippen LogP) is 2.96. The number of para-hydroxylation sites is 2. The molecule has 0 unspecified atom stereocenters. The molecule has 2 heterocycles. The fourth-order valence-corrected chi connectivity index (χ4v) is 5.09. The highest BCUT2D eigenvalue weighted by atomic mass is 32.2. The van der Waals surface area contributed by atoms with E-state index in [0.29, 0.717) is 39.1 Å². The molecule has 0 saturated carbocycles. The summed E-state index contributed by atoms with van der Waals surface area (Å²) in [5.74, 6) is 0.235. The van der Waals surface area contributed by atoms with Gasteiger partial charge in [0.15, 0.2) is 0 Å². The molecule has 1 N–H and O–H groups in total. The van der Waals surface area contributed by atoms with E-state index < -0.39 is 0 Å². The number of carbonyl (C=O) groups excluding carboxylic acids is 2. The summed E-state index contributed by atoms with van der Waals surface area (Å²) in [5.41, 5.74) is 2.33. The van der Waals surface area contributed by atoms with Gasteiger partial charge in [0.25, 0.3) is 0 Å². The van der Waals surface area contributed by atoms with Gasteiger partial charge < -0.3 is 15.1 Å². The number of nitrogens with zero attached hydrogens (tertiary/aromatic N) is 3. The summed E-state index contributed by atoms with van der Waals surface area (Å²) >= 11 is 1.78. The number of rotatable bonds is 6. The maximum atomic E-state index is 12.9.